The number of aliphatic hydroxyl groups excluding tert-OH is 8. The summed E-state index contributed by atoms with van der Waals surface area (Å²) in [5.41, 5.74) is 0. The highest BCUT2D eigenvalue weighted by atomic mass is 16.7. The van der Waals surface area contributed by atoms with Crippen molar-refractivity contribution in [3.8, 4) is 0 Å². The number of hydrogen-bond donors (Lipinski definition) is 9. The lowest BCUT2D eigenvalue weighted by atomic mass is 9.97. The Kier molecular flexibility index (Phi) is 44.8. The van der Waals surface area contributed by atoms with E-state index in [1.807, 2.05) is 0 Å². The van der Waals surface area contributed by atoms with Gasteiger partial charge in [-0.1, -0.05) is 244 Å². The van der Waals surface area contributed by atoms with E-state index in [1.165, 1.54) is 186 Å². The number of carbonyl (C=O) groups is 1. The number of rotatable bonds is 51. The number of unbranched alkanes of at least 4 members (excludes halogenated alkanes) is 34. The van der Waals surface area contributed by atoms with Gasteiger partial charge in [0.1, 0.15) is 48.8 Å². The van der Waals surface area contributed by atoms with Crippen LogP contribution in [0.3, 0.4) is 0 Å². The molecule has 0 aliphatic carbocycles. The van der Waals surface area contributed by atoms with Crippen LogP contribution in [0.4, 0.5) is 0 Å². The van der Waals surface area contributed by atoms with Gasteiger partial charge in [-0.3, -0.25) is 4.79 Å². The van der Waals surface area contributed by atoms with E-state index in [4.69, 9.17) is 18.9 Å². The maximum Gasteiger partial charge on any atom is 0.220 e. The molecule has 2 aliphatic rings. The Morgan fingerprint density at radius 3 is 1.32 bits per heavy atom. The van der Waals surface area contributed by atoms with Gasteiger partial charge in [0.2, 0.25) is 5.91 Å². The maximum absolute atomic E-state index is 13.3. The predicted octanol–water partition coefficient (Wildman–Crippen LogP) is 11.2. The normalized spacial score (nSPS) is 25.0. The SMILES string of the molecule is CCCCCCC/C=C\C/C=C\CCCCCCCCCCCCCCCCCC(=O)NC(COC1OC(CO)C(OC2OC(CO)C(O)C(O)C2O)C(O)C1O)C(O)CCCCCCCCCCCCCCCCC. The molecule has 0 bridgehead atoms. The van der Waals surface area contributed by atoms with Crippen LogP contribution in [0, 0.1) is 0 Å². The summed E-state index contributed by atoms with van der Waals surface area (Å²) in [4.78, 5) is 13.3. The Bertz CT molecular complexity index is 1370. The molecule has 12 unspecified atom stereocenters. The van der Waals surface area contributed by atoms with Crippen LogP contribution in [0.25, 0.3) is 0 Å². The lowest BCUT2D eigenvalue weighted by molar-refractivity contribution is -0.359. The Labute approximate surface area is 462 Å². The van der Waals surface area contributed by atoms with Gasteiger partial charge in [-0.15, -0.1) is 0 Å². The molecule has 0 spiro atoms. The van der Waals surface area contributed by atoms with Gasteiger partial charge in [0.05, 0.1) is 32.0 Å². The van der Waals surface area contributed by atoms with Gasteiger partial charge in [-0.2, -0.15) is 0 Å². The second-order valence-electron chi connectivity index (χ2n) is 22.5. The molecule has 12 atom stereocenters. The standard InChI is InChI=1S/C62H117NO13/c1-3-5-7-9-11-13-15-17-19-20-21-22-23-24-25-26-27-28-29-30-32-34-36-38-40-42-44-46-54(67)63-50(51(66)45-43-41-39-37-35-33-31-18-16-14-12-10-8-6-4-2)49-73-61-59(72)57(70)60(53(48-65)75-61)76-62-58(71)56(69)55(68)52(47-64)74-62/h15,17,20-21,50-53,55-62,64-66,68-72H,3-14,16,18-19,22-49H2,1-2H3,(H,63,67)/b17-15-,21-20-. The number of aliphatic hydroxyl groups is 8. The second kappa shape index (κ2) is 48.2. The van der Waals surface area contributed by atoms with Crippen LogP contribution in [-0.4, -0.2) is 140 Å². The van der Waals surface area contributed by atoms with E-state index in [2.05, 4.69) is 43.5 Å². The molecule has 2 aliphatic heterocycles. The molecule has 14 nitrogen and oxygen atoms in total. The molecular weight excluding hydrogens is 967 g/mol. The summed E-state index contributed by atoms with van der Waals surface area (Å²) in [6, 6.07) is -0.826. The number of nitrogens with one attached hydrogen (secondary N) is 1. The third kappa shape index (κ3) is 33.3. The molecule has 448 valence electrons. The molecule has 1 amide bonds. The minimum atomic E-state index is -1.78. The maximum atomic E-state index is 13.3. The first kappa shape index (κ1) is 70.6. The molecule has 2 heterocycles. The molecule has 2 rings (SSSR count). The Balaban J connectivity index is 1.69. The molecular formula is C62H117NO13. The summed E-state index contributed by atoms with van der Waals surface area (Å²) in [6.07, 6.45) is 40.4. The Morgan fingerprint density at radius 2 is 0.868 bits per heavy atom. The van der Waals surface area contributed by atoms with E-state index < -0.39 is 86.8 Å². The lowest BCUT2D eigenvalue weighted by Gasteiger charge is -2.46. The largest absolute Gasteiger partial charge is 0.394 e. The van der Waals surface area contributed by atoms with Gasteiger partial charge in [-0.05, 0) is 44.9 Å². The van der Waals surface area contributed by atoms with E-state index in [9.17, 15) is 45.6 Å². The first-order chi connectivity index (χ1) is 37.1. The van der Waals surface area contributed by atoms with E-state index in [0.29, 0.717) is 12.8 Å². The van der Waals surface area contributed by atoms with Crippen LogP contribution in [0.2, 0.25) is 0 Å². The lowest BCUT2D eigenvalue weighted by Crippen LogP contribution is -2.65. The zero-order chi connectivity index (χ0) is 55.3. The monoisotopic (exact) mass is 1080 g/mol. The van der Waals surface area contributed by atoms with Crippen LogP contribution in [-0.2, 0) is 23.7 Å². The molecule has 0 radical (unpaired) electrons. The van der Waals surface area contributed by atoms with Gasteiger partial charge in [-0.25, -0.2) is 0 Å². The zero-order valence-corrected chi connectivity index (χ0v) is 48.3. The molecule has 0 aromatic carbocycles. The molecule has 2 fully saturated rings. The average molecular weight is 1080 g/mol. The number of carbonyl (C=O) groups excluding carboxylic acids is 1. The third-order valence-corrected chi connectivity index (χ3v) is 15.7. The number of amides is 1. The van der Waals surface area contributed by atoms with Crippen LogP contribution in [0.15, 0.2) is 24.3 Å². The fraction of sp³-hybridized carbons (Fsp3) is 0.919. The number of allylic oxidation sites excluding steroid dienone is 4. The molecule has 0 aromatic heterocycles. The molecule has 14 heteroatoms. The molecule has 0 saturated carbocycles. The highest BCUT2D eigenvalue weighted by Gasteiger charge is 2.51. The van der Waals surface area contributed by atoms with E-state index in [0.717, 1.165) is 57.8 Å². The van der Waals surface area contributed by atoms with Crippen molar-refractivity contribution in [2.45, 2.75) is 344 Å². The van der Waals surface area contributed by atoms with E-state index >= 15 is 0 Å². The smallest absolute Gasteiger partial charge is 0.220 e. The summed E-state index contributed by atoms with van der Waals surface area (Å²) in [5.74, 6) is -0.204. The minimum absolute atomic E-state index is 0.204. The van der Waals surface area contributed by atoms with Crippen molar-refractivity contribution >= 4 is 5.91 Å². The van der Waals surface area contributed by atoms with Crippen molar-refractivity contribution in [3.63, 3.8) is 0 Å². The molecule has 2 saturated heterocycles. The minimum Gasteiger partial charge on any atom is -0.394 e. The Hall–Kier alpha value is -1.53. The first-order valence-corrected chi connectivity index (χ1v) is 31.6. The summed E-state index contributed by atoms with van der Waals surface area (Å²) in [6.45, 7) is 2.87. The van der Waals surface area contributed by atoms with Gasteiger partial charge < -0.3 is 65.1 Å². The molecule has 76 heavy (non-hydrogen) atoms. The molecule has 0 aromatic rings. The molecule has 9 N–H and O–H groups in total. The van der Waals surface area contributed by atoms with Crippen molar-refractivity contribution in [2.24, 2.45) is 0 Å². The summed E-state index contributed by atoms with van der Waals surface area (Å²) in [7, 11) is 0. The van der Waals surface area contributed by atoms with Gasteiger partial charge in [0.25, 0.3) is 0 Å². The first-order valence-electron chi connectivity index (χ1n) is 31.6. The van der Waals surface area contributed by atoms with E-state index in [-0.39, 0.29) is 12.5 Å². The third-order valence-electron chi connectivity index (χ3n) is 15.7. The van der Waals surface area contributed by atoms with Crippen LogP contribution in [0.5, 0.6) is 0 Å². The fourth-order valence-electron chi connectivity index (χ4n) is 10.6. The predicted molar refractivity (Wildman–Crippen MR) is 305 cm³/mol. The number of hydrogen-bond acceptors (Lipinski definition) is 13. The van der Waals surface area contributed by atoms with Crippen molar-refractivity contribution < 1.29 is 64.6 Å². The highest BCUT2D eigenvalue weighted by molar-refractivity contribution is 5.76. The van der Waals surface area contributed by atoms with Crippen molar-refractivity contribution in [1.82, 2.24) is 5.32 Å². The van der Waals surface area contributed by atoms with Gasteiger partial charge in [0.15, 0.2) is 12.6 Å². The van der Waals surface area contributed by atoms with Crippen molar-refractivity contribution in [2.75, 3.05) is 19.8 Å². The summed E-state index contributed by atoms with van der Waals surface area (Å²) in [5, 5.41) is 87.3. The fourth-order valence-corrected chi connectivity index (χ4v) is 10.6. The highest BCUT2D eigenvalue weighted by Crippen LogP contribution is 2.30. The van der Waals surface area contributed by atoms with Crippen LogP contribution >= 0.6 is 0 Å². The second-order valence-corrected chi connectivity index (χ2v) is 22.5. The van der Waals surface area contributed by atoms with Crippen molar-refractivity contribution in [1.29, 1.82) is 0 Å². The quantitative estimate of drug-likeness (QED) is 0.0204. The summed E-state index contributed by atoms with van der Waals surface area (Å²) < 4.78 is 22.9. The number of ether oxygens (including phenoxy) is 4. The van der Waals surface area contributed by atoms with Gasteiger partial charge >= 0.3 is 0 Å². The zero-order valence-electron chi connectivity index (χ0n) is 48.3. The van der Waals surface area contributed by atoms with Gasteiger partial charge in [0, 0.05) is 6.42 Å². The van der Waals surface area contributed by atoms with Crippen LogP contribution in [0.1, 0.15) is 271 Å². The van der Waals surface area contributed by atoms with Crippen LogP contribution < -0.4 is 5.32 Å². The topological polar surface area (TPSA) is 228 Å². The summed E-state index contributed by atoms with van der Waals surface area (Å²) >= 11 is 0. The average Bonchev–Trinajstić information content (AvgIpc) is 3.42. The van der Waals surface area contributed by atoms with E-state index in [1.54, 1.807) is 0 Å². The Morgan fingerprint density at radius 1 is 0.474 bits per heavy atom. The van der Waals surface area contributed by atoms with Crippen molar-refractivity contribution in [3.05, 3.63) is 24.3 Å².